The fourth-order valence-corrected chi connectivity index (χ4v) is 2.85. The first-order valence-electron chi connectivity index (χ1n) is 8.52. The van der Waals surface area contributed by atoms with Gasteiger partial charge in [-0.3, -0.25) is 10.2 Å². The Bertz CT molecular complexity index is 729. The van der Waals surface area contributed by atoms with Crippen LogP contribution in [0.3, 0.4) is 0 Å². The average molecular weight is 359 g/mol. The predicted octanol–water partition coefficient (Wildman–Crippen LogP) is 1.29. The Hall–Kier alpha value is -2.48. The van der Waals surface area contributed by atoms with Crippen LogP contribution in [-0.2, 0) is 4.79 Å². The minimum Gasteiger partial charge on any atom is -0.489 e. The Labute approximate surface area is 151 Å². The summed E-state index contributed by atoms with van der Waals surface area (Å²) in [7, 11) is 0. The van der Waals surface area contributed by atoms with E-state index in [4.69, 9.17) is 4.74 Å². The fraction of sp³-hybridized carbons (Fsp3) is 0.316. The van der Waals surface area contributed by atoms with E-state index in [0.717, 1.165) is 5.56 Å². The first-order chi connectivity index (χ1) is 12.7. The smallest absolute Gasteiger partial charge is 0.239 e. The molecule has 1 aliphatic rings. The number of hydrogen-bond acceptors (Lipinski definition) is 5. The second kappa shape index (κ2) is 8.75. The number of rotatable bonds is 7. The van der Waals surface area contributed by atoms with Crippen LogP contribution < -0.4 is 20.9 Å². The number of halogens is 1. The van der Waals surface area contributed by atoms with Crippen LogP contribution in [0, 0.1) is 5.82 Å². The Balaban J connectivity index is 1.50. The van der Waals surface area contributed by atoms with Gasteiger partial charge in [-0.1, -0.05) is 42.5 Å². The third-order valence-electron chi connectivity index (χ3n) is 4.28. The van der Waals surface area contributed by atoms with Crippen molar-refractivity contribution in [2.24, 2.45) is 0 Å². The van der Waals surface area contributed by atoms with E-state index in [9.17, 15) is 14.3 Å². The maximum Gasteiger partial charge on any atom is 0.239 e. The van der Waals surface area contributed by atoms with Crippen molar-refractivity contribution in [1.82, 2.24) is 16.2 Å². The molecule has 1 aliphatic heterocycles. The van der Waals surface area contributed by atoms with E-state index in [1.807, 2.05) is 30.3 Å². The monoisotopic (exact) mass is 359 g/mol. The molecule has 0 spiro atoms. The van der Waals surface area contributed by atoms with Gasteiger partial charge in [0.15, 0.2) is 11.6 Å². The summed E-state index contributed by atoms with van der Waals surface area (Å²) in [4.78, 5) is 12.4. The van der Waals surface area contributed by atoms with Crippen LogP contribution >= 0.6 is 0 Å². The third kappa shape index (κ3) is 4.57. The van der Waals surface area contributed by atoms with Crippen LogP contribution in [0.5, 0.6) is 5.75 Å². The van der Waals surface area contributed by atoms with E-state index in [1.54, 1.807) is 18.2 Å². The first kappa shape index (κ1) is 18.3. The molecule has 2 aromatic rings. The zero-order valence-electron chi connectivity index (χ0n) is 14.2. The number of ether oxygens (including phenoxy) is 1. The molecule has 3 rings (SSSR count). The van der Waals surface area contributed by atoms with Crippen LogP contribution in [0.2, 0.25) is 0 Å². The number of hydrazine groups is 1. The lowest BCUT2D eigenvalue weighted by atomic mass is 10.1. The van der Waals surface area contributed by atoms with Gasteiger partial charge in [0, 0.05) is 0 Å². The van der Waals surface area contributed by atoms with E-state index >= 15 is 0 Å². The molecule has 2 unspecified atom stereocenters. The molecule has 138 valence electrons. The zero-order chi connectivity index (χ0) is 18.4. The molecule has 0 aromatic heterocycles. The summed E-state index contributed by atoms with van der Waals surface area (Å²) in [5.41, 5.74) is 6.75. The minimum absolute atomic E-state index is 0.130. The number of hydrogen-bond donors (Lipinski definition) is 4. The van der Waals surface area contributed by atoms with Gasteiger partial charge >= 0.3 is 0 Å². The molecule has 7 heteroatoms. The molecule has 0 saturated carbocycles. The summed E-state index contributed by atoms with van der Waals surface area (Å²) in [6.45, 7) is 0.0511. The van der Waals surface area contributed by atoms with Crippen molar-refractivity contribution in [2.75, 3.05) is 13.2 Å². The molecule has 0 radical (unpaired) electrons. The number of aliphatic hydroxyl groups excluding tert-OH is 1. The molecule has 3 atom stereocenters. The van der Waals surface area contributed by atoms with E-state index in [0.29, 0.717) is 6.42 Å². The zero-order valence-corrected chi connectivity index (χ0v) is 14.2. The van der Waals surface area contributed by atoms with Crippen molar-refractivity contribution in [2.45, 2.75) is 24.5 Å². The number of para-hydroxylation sites is 1. The van der Waals surface area contributed by atoms with Gasteiger partial charge in [0.2, 0.25) is 5.91 Å². The Kier molecular flexibility index (Phi) is 6.17. The van der Waals surface area contributed by atoms with Crippen LogP contribution in [0.4, 0.5) is 4.39 Å². The molecule has 26 heavy (non-hydrogen) atoms. The van der Waals surface area contributed by atoms with Gasteiger partial charge in [-0.25, -0.2) is 9.82 Å². The highest BCUT2D eigenvalue weighted by molar-refractivity contribution is 5.82. The summed E-state index contributed by atoms with van der Waals surface area (Å²) in [5.74, 6) is -0.443. The SMILES string of the molecule is O=C(N[C@H](CO)c1ccccc1)C1CC(COc2ccccc2F)NN1. The van der Waals surface area contributed by atoms with Crippen molar-refractivity contribution in [3.63, 3.8) is 0 Å². The van der Waals surface area contributed by atoms with Gasteiger partial charge in [-0.05, 0) is 24.1 Å². The Morgan fingerprint density at radius 2 is 1.92 bits per heavy atom. The molecular formula is C19H22FN3O3. The Morgan fingerprint density at radius 1 is 1.19 bits per heavy atom. The van der Waals surface area contributed by atoms with Gasteiger partial charge in [-0.15, -0.1) is 0 Å². The van der Waals surface area contributed by atoms with Crippen molar-refractivity contribution in [1.29, 1.82) is 0 Å². The molecule has 1 saturated heterocycles. The number of carbonyl (C=O) groups is 1. The number of benzene rings is 2. The van der Waals surface area contributed by atoms with Gasteiger partial charge in [0.05, 0.1) is 18.7 Å². The maximum absolute atomic E-state index is 13.6. The van der Waals surface area contributed by atoms with Gasteiger partial charge in [0.1, 0.15) is 12.6 Å². The molecule has 1 fully saturated rings. The maximum atomic E-state index is 13.6. The summed E-state index contributed by atoms with van der Waals surface area (Å²) in [6.07, 6.45) is 0.493. The van der Waals surface area contributed by atoms with Crippen molar-refractivity contribution in [3.8, 4) is 5.75 Å². The van der Waals surface area contributed by atoms with Gasteiger partial charge < -0.3 is 15.2 Å². The third-order valence-corrected chi connectivity index (χ3v) is 4.28. The molecule has 4 N–H and O–H groups in total. The molecule has 2 aromatic carbocycles. The molecule has 1 heterocycles. The lowest BCUT2D eigenvalue weighted by Gasteiger charge is -2.19. The van der Waals surface area contributed by atoms with Gasteiger partial charge in [0.25, 0.3) is 0 Å². The lowest BCUT2D eigenvalue weighted by molar-refractivity contribution is -0.124. The number of aliphatic hydroxyl groups is 1. The second-order valence-electron chi connectivity index (χ2n) is 6.17. The topological polar surface area (TPSA) is 82.6 Å². The molecule has 0 aliphatic carbocycles. The Morgan fingerprint density at radius 3 is 2.65 bits per heavy atom. The lowest BCUT2D eigenvalue weighted by Crippen LogP contribution is -2.45. The van der Waals surface area contributed by atoms with E-state index < -0.39 is 17.9 Å². The van der Waals surface area contributed by atoms with Crippen molar-refractivity contribution < 1.29 is 19.0 Å². The highest BCUT2D eigenvalue weighted by Gasteiger charge is 2.31. The van der Waals surface area contributed by atoms with Crippen LogP contribution in [-0.4, -0.2) is 36.3 Å². The average Bonchev–Trinajstić information content (AvgIpc) is 3.15. The van der Waals surface area contributed by atoms with Crippen molar-refractivity contribution >= 4 is 5.91 Å². The van der Waals surface area contributed by atoms with Crippen LogP contribution in [0.1, 0.15) is 18.0 Å². The van der Waals surface area contributed by atoms with Gasteiger partial charge in [-0.2, -0.15) is 0 Å². The van der Waals surface area contributed by atoms with E-state index in [-0.39, 0.29) is 30.9 Å². The summed E-state index contributed by atoms with van der Waals surface area (Å²) in [5, 5.41) is 12.4. The van der Waals surface area contributed by atoms with Crippen LogP contribution in [0.25, 0.3) is 0 Å². The minimum atomic E-state index is -0.459. The second-order valence-corrected chi connectivity index (χ2v) is 6.17. The highest BCUT2D eigenvalue weighted by Crippen LogP contribution is 2.17. The van der Waals surface area contributed by atoms with E-state index in [2.05, 4.69) is 16.2 Å². The molecular weight excluding hydrogens is 337 g/mol. The normalized spacial score (nSPS) is 20.5. The highest BCUT2D eigenvalue weighted by atomic mass is 19.1. The molecule has 0 bridgehead atoms. The first-order valence-corrected chi connectivity index (χ1v) is 8.52. The summed E-state index contributed by atoms with van der Waals surface area (Å²) in [6, 6.07) is 14.5. The molecule has 1 amide bonds. The largest absolute Gasteiger partial charge is 0.489 e. The predicted molar refractivity (Wildman–Crippen MR) is 94.8 cm³/mol. The number of amides is 1. The number of carbonyl (C=O) groups excluding carboxylic acids is 1. The van der Waals surface area contributed by atoms with Crippen LogP contribution in [0.15, 0.2) is 54.6 Å². The fourth-order valence-electron chi connectivity index (χ4n) is 2.85. The standard InChI is InChI=1S/C19H22FN3O3/c20-15-8-4-5-9-18(15)26-12-14-10-16(23-22-14)19(25)21-17(11-24)13-6-2-1-3-7-13/h1-9,14,16-17,22-24H,10-12H2,(H,21,25)/t14?,16?,17-/m1/s1. The quantitative estimate of drug-likeness (QED) is 0.599. The number of nitrogens with one attached hydrogen (secondary N) is 3. The van der Waals surface area contributed by atoms with Crippen molar-refractivity contribution in [3.05, 3.63) is 66.0 Å². The summed E-state index contributed by atoms with van der Waals surface area (Å²) < 4.78 is 19.0. The summed E-state index contributed by atoms with van der Waals surface area (Å²) >= 11 is 0. The molecule has 6 nitrogen and oxygen atoms in total. The van der Waals surface area contributed by atoms with E-state index in [1.165, 1.54) is 6.07 Å².